The molecule has 6 nitrogen and oxygen atoms in total. The Balaban J connectivity index is 1.62. The van der Waals surface area contributed by atoms with Gasteiger partial charge in [0.15, 0.2) is 12.7 Å². The first-order valence-corrected chi connectivity index (χ1v) is 10.6. The number of hydrogen-bond donors (Lipinski definition) is 1. The molecule has 2 aliphatic heterocycles. The molecule has 1 fully saturated rings. The maximum absolute atomic E-state index is 5.99. The Morgan fingerprint density at radius 3 is 2.57 bits per heavy atom. The molecular weight excluding hydrogens is 348 g/mol. The highest BCUT2D eigenvalue weighted by Gasteiger charge is 2.43. The molecule has 28 heavy (non-hydrogen) atoms. The zero-order valence-electron chi connectivity index (χ0n) is 18.4. The van der Waals surface area contributed by atoms with Crippen LogP contribution in [0.15, 0.2) is 30.6 Å². The first-order chi connectivity index (χ1) is 13.4. The van der Waals surface area contributed by atoms with Gasteiger partial charge in [0.2, 0.25) is 6.20 Å². The van der Waals surface area contributed by atoms with Crippen molar-refractivity contribution in [1.29, 1.82) is 0 Å². The molecule has 0 aromatic heterocycles. The van der Waals surface area contributed by atoms with Gasteiger partial charge < -0.3 is 10.6 Å². The molecule has 2 heterocycles. The second kappa shape index (κ2) is 8.64. The van der Waals surface area contributed by atoms with E-state index in [0.717, 1.165) is 56.1 Å². The first-order valence-electron chi connectivity index (χ1n) is 10.6. The van der Waals surface area contributed by atoms with Crippen molar-refractivity contribution in [2.24, 2.45) is 0 Å². The van der Waals surface area contributed by atoms with Crippen LogP contribution in [0.2, 0.25) is 0 Å². The number of quaternary nitrogens is 1. The van der Waals surface area contributed by atoms with E-state index < -0.39 is 0 Å². The van der Waals surface area contributed by atoms with Crippen molar-refractivity contribution in [2.45, 2.75) is 27.2 Å². The lowest BCUT2D eigenvalue weighted by molar-refractivity contribution is -0.913. The fourth-order valence-electron chi connectivity index (χ4n) is 4.43. The molecule has 0 bridgehead atoms. The minimum Gasteiger partial charge on any atom is -0.399 e. The Kier molecular flexibility index (Phi) is 6.43. The summed E-state index contributed by atoms with van der Waals surface area (Å²) in [6, 6.07) is 6.43. The molecule has 1 unspecified atom stereocenters. The smallest absolute Gasteiger partial charge is 0.364 e. The Hall–Kier alpha value is -1.89. The molecule has 2 aliphatic rings. The minimum absolute atomic E-state index is 0.825. The fourth-order valence-corrected chi connectivity index (χ4v) is 4.43. The van der Waals surface area contributed by atoms with Gasteiger partial charge >= 0.3 is 5.84 Å². The monoisotopic (exact) mass is 386 g/mol. The summed E-state index contributed by atoms with van der Waals surface area (Å²) in [4.78, 5) is 5.14. The Morgan fingerprint density at radius 2 is 1.93 bits per heavy atom. The second-order valence-corrected chi connectivity index (χ2v) is 8.25. The largest absolute Gasteiger partial charge is 0.399 e. The van der Waals surface area contributed by atoms with Gasteiger partial charge in [0.25, 0.3) is 0 Å². The average molecular weight is 387 g/mol. The summed E-state index contributed by atoms with van der Waals surface area (Å²) in [6.45, 7) is 14.2. The molecule has 154 valence electrons. The van der Waals surface area contributed by atoms with Gasteiger partial charge in [-0.3, -0.25) is 4.90 Å². The highest BCUT2D eigenvalue weighted by molar-refractivity contribution is 5.69. The van der Waals surface area contributed by atoms with E-state index in [2.05, 4.69) is 78.8 Å². The SMILES string of the molecule is CC[N+]1=C(C)[N+](CCN2CCCN(c3ccc(N)c(C)c3)CC2)(N(C)C)C=C1. The third kappa shape index (κ3) is 4.09. The van der Waals surface area contributed by atoms with E-state index in [1.807, 2.05) is 6.07 Å². The van der Waals surface area contributed by atoms with Crippen molar-refractivity contribution >= 4 is 17.2 Å². The van der Waals surface area contributed by atoms with E-state index in [9.17, 15) is 0 Å². The summed E-state index contributed by atoms with van der Waals surface area (Å²) in [6.07, 6.45) is 5.77. The molecule has 1 saturated heterocycles. The molecule has 1 aromatic rings. The van der Waals surface area contributed by atoms with Crippen molar-refractivity contribution in [3.8, 4) is 0 Å². The van der Waals surface area contributed by atoms with Crippen molar-refractivity contribution in [3.05, 3.63) is 36.2 Å². The van der Waals surface area contributed by atoms with Crippen LogP contribution in [0.4, 0.5) is 11.4 Å². The summed E-state index contributed by atoms with van der Waals surface area (Å²) in [5.74, 6) is 1.39. The Morgan fingerprint density at radius 1 is 1.14 bits per heavy atom. The first kappa shape index (κ1) is 20.8. The quantitative estimate of drug-likeness (QED) is 0.463. The normalized spacial score (nSPS) is 23.7. The van der Waals surface area contributed by atoms with Crippen LogP contribution in [-0.2, 0) is 0 Å². The van der Waals surface area contributed by atoms with E-state index >= 15 is 0 Å². The molecule has 0 radical (unpaired) electrons. The summed E-state index contributed by atoms with van der Waals surface area (Å²) in [5.41, 5.74) is 9.35. The molecule has 6 heteroatoms. The predicted octanol–water partition coefficient (Wildman–Crippen LogP) is 2.32. The molecule has 0 spiro atoms. The number of rotatable bonds is 6. The molecule has 2 N–H and O–H groups in total. The molecule has 0 saturated carbocycles. The predicted molar refractivity (Wildman–Crippen MR) is 118 cm³/mol. The van der Waals surface area contributed by atoms with E-state index in [1.54, 1.807) is 0 Å². The Labute approximate surface area is 170 Å². The third-order valence-corrected chi connectivity index (χ3v) is 6.49. The van der Waals surface area contributed by atoms with Crippen LogP contribution in [-0.4, -0.2) is 84.8 Å². The number of amidine groups is 1. The number of aryl methyl sites for hydroxylation is 1. The average Bonchev–Trinajstić information content (AvgIpc) is 2.84. The topological polar surface area (TPSA) is 38.8 Å². The zero-order chi connectivity index (χ0) is 20.3. The minimum atomic E-state index is 0.825. The van der Waals surface area contributed by atoms with Gasteiger partial charge in [-0.2, -0.15) is 0 Å². The van der Waals surface area contributed by atoms with Crippen LogP contribution in [0.5, 0.6) is 0 Å². The number of benzene rings is 1. The van der Waals surface area contributed by atoms with Crippen molar-refractivity contribution < 1.29 is 9.17 Å². The summed E-state index contributed by atoms with van der Waals surface area (Å²) in [5, 5.41) is 2.32. The van der Waals surface area contributed by atoms with Gasteiger partial charge in [0.05, 0.1) is 13.5 Å². The van der Waals surface area contributed by atoms with Gasteiger partial charge in [0, 0.05) is 51.6 Å². The fraction of sp³-hybridized carbons (Fsp3) is 0.591. The van der Waals surface area contributed by atoms with Crippen molar-refractivity contribution in [1.82, 2.24) is 9.91 Å². The third-order valence-electron chi connectivity index (χ3n) is 6.49. The van der Waals surface area contributed by atoms with Crippen LogP contribution in [0, 0.1) is 6.92 Å². The molecule has 1 aromatic carbocycles. The molecular formula is C22H38N6+2. The number of nitrogens with zero attached hydrogens (tertiary/aromatic N) is 5. The van der Waals surface area contributed by atoms with Gasteiger partial charge in [0.1, 0.15) is 6.54 Å². The summed E-state index contributed by atoms with van der Waals surface area (Å²) < 4.78 is 3.18. The summed E-state index contributed by atoms with van der Waals surface area (Å²) >= 11 is 0. The van der Waals surface area contributed by atoms with Gasteiger partial charge in [-0.25, -0.2) is 0 Å². The van der Waals surface area contributed by atoms with Gasteiger partial charge in [-0.15, -0.1) is 14.2 Å². The van der Waals surface area contributed by atoms with E-state index in [4.69, 9.17) is 5.73 Å². The lowest BCUT2D eigenvalue weighted by Gasteiger charge is -2.34. The van der Waals surface area contributed by atoms with Crippen molar-refractivity contribution in [2.75, 3.05) is 70.5 Å². The molecule has 1 atom stereocenters. The van der Waals surface area contributed by atoms with Gasteiger partial charge in [-0.05, 0) is 44.0 Å². The zero-order valence-corrected chi connectivity index (χ0v) is 18.4. The molecule has 0 aliphatic carbocycles. The van der Waals surface area contributed by atoms with Crippen LogP contribution in [0.1, 0.15) is 25.8 Å². The van der Waals surface area contributed by atoms with E-state index in [1.165, 1.54) is 23.5 Å². The number of nitrogens with two attached hydrogens (primary N) is 1. The van der Waals surface area contributed by atoms with E-state index in [0.29, 0.717) is 0 Å². The lowest BCUT2D eigenvalue weighted by Crippen LogP contribution is -2.58. The second-order valence-electron chi connectivity index (χ2n) is 8.25. The van der Waals surface area contributed by atoms with Crippen molar-refractivity contribution in [3.63, 3.8) is 0 Å². The van der Waals surface area contributed by atoms with E-state index in [-0.39, 0.29) is 0 Å². The number of hydrogen-bond acceptors (Lipinski definition) is 4. The highest BCUT2D eigenvalue weighted by Crippen LogP contribution is 2.23. The standard InChI is InChI=1S/C22H38N6/c1-6-26-15-17-28(20(26)3,24(4)5)16-14-25-10-7-11-27(13-12-25)21-8-9-22(23)19(2)18-21/h8-9,15,17-18H,6-7,10-14,16,23H2,1-5H3/q+2. The summed E-state index contributed by atoms with van der Waals surface area (Å²) in [7, 11) is 4.36. The van der Waals surface area contributed by atoms with Crippen LogP contribution in [0.3, 0.4) is 0 Å². The Bertz CT molecular complexity index is 753. The maximum atomic E-state index is 5.99. The maximum Gasteiger partial charge on any atom is 0.364 e. The highest BCUT2D eigenvalue weighted by atomic mass is 15.8. The molecule has 0 amide bonds. The van der Waals surface area contributed by atoms with Crippen LogP contribution in [0.25, 0.3) is 0 Å². The van der Waals surface area contributed by atoms with Crippen LogP contribution < -0.4 is 10.6 Å². The number of anilines is 2. The number of nitrogen functional groups attached to an aromatic ring is 1. The molecule has 3 rings (SSSR count). The lowest BCUT2D eigenvalue weighted by atomic mass is 10.1. The van der Waals surface area contributed by atoms with Gasteiger partial charge in [-0.1, -0.05) is 0 Å². The van der Waals surface area contributed by atoms with Crippen LogP contribution >= 0.6 is 0 Å².